The van der Waals surface area contributed by atoms with E-state index in [4.69, 9.17) is 0 Å². The van der Waals surface area contributed by atoms with Crippen molar-refractivity contribution in [1.29, 1.82) is 0 Å². The van der Waals surface area contributed by atoms with E-state index in [1.54, 1.807) is 6.07 Å². The summed E-state index contributed by atoms with van der Waals surface area (Å²) >= 11 is 0. The zero-order valence-electron chi connectivity index (χ0n) is 13.7. The number of carbonyl (C=O) groups excluding carboxylic acids is 2. The molecule has 122 valence electrons. The van der Waals surface area contributed by atoms with Crippen molar-refractivity contribution in [3.05, 3.63) is 70.3 Å². The molecule has 2 aliphatic heterocycles. The normalized spacial score (nSPS) is 20.8. The SMILES string of the molecule is CC1(C)C[C@H]2c3cccc(C(=O)[O-])c3C(=O)N2Cc2ccccc21. The molecule has 0 N–H and O–H groups in total. The highest BCUT2D eigenvalue weighted by Crippen LogP contribution is 2.47. The third-order valence-electron chi connectivity index (χ3n) is 5.32. The summed E-state index contributed by atoms with van der Waals surface area (Å²) in [6, 6.07) is 13.1. The minimum Gasteiger partial charge on any atom is -0.545 e. The summed E-state index contributed by atoms with van der Waals surface area (Å²) < 4.78 is 0. The van der Waals surface area contributed by atoms with Gasteiger partial charge in [-0.1, -0.05) is 56.3 Å². The van der Waals surface area contributed by atoms with E-state index in [2.05, 4.69) is 26.0 Å². The fourth-order valence-electron chi connectivity index (χ4n) is 4.21. The molecular weight excluding hydrogens is 302 g/mol. The van der Waals surface area contributed by atoms with E-state index < -0.39 is 5.97 Å². The number of benzene rings is 2. The lowest BCUT2D eigenvalue weighted by Gasteiger charge is -2.29. The minimum atomic E-state index is -1.29. The van der Waals surface area contributed by atoms with Crippen molar-refractivity contribution in [2.45, 2.75) is 38.3 Å². The van der Waals surface area contributed by atoms with Crippen molar-refractivity contribution in [3.8, 4) is 0 Å². The summed E-state index contributed by atoms with van der Waals surface area (Å²) in [6.07, 6.45) is 0.763. The maximum Gasteiger partial charge on any atom is 0.255 e. The number of hydrogen-bond acceptors (Lipinski definition) is 3. The van der Waals surface area contributed by atoms with Crippen molar-refractivity contribution < 1.29 is 14.7 Å². The van der Waals surface area contributed by atoms with Gasteiger partial charge in [0, 0.05) is 12.1 Å². The molecule has 2 aromatic carbocycles. The lowest BCUT2D eigenvalue weighted by atomic mass is 9.77. The highest BCUT2D eigenvalue weighted by atomic mass is 16.4. The van der Waals surface area contributed by atoms with Crippen LogP contribution in [0.1, 0.15) is 63.7 Å². The Morgan fingerprint density at radius 2 is 1.92 bits per heavy atom. The highest BCUT2D eigenvalue weighted by molar-refractivity contribution is 6.07. The summed E-state index contributed by atoms with van der Waals surface area (Å²) in [5, 5.41) is 11.4. The molecule has 1 amide bonds. The Kier molecular flexibility index (Phi) is 3.07. The molecule has 0 radical (unpaired) electrons. The zero-order chi connectivity index (χ0) is 17.1. The van der Waals surface area contributed by atoms with Crippen LogP contribution in [0, 0.1) is 0 Å². The molecule has 0 fully saturated rings. The molecule has 0 aromatic heterocycles. The van der Waals surface area contributed by atoms with E-state index in [1.165, 1.54) is 11.6 Å². The quantitative estimate of drug-likeness (QED) is 0.811. The van der Waals surface area contributed by atoms with Crippen LogP contribution in [0.4, 0.5) is 0 Å². The van der Waals surface area contributed by atoms with Gasteiger partial charge in [0.25, 0.3) is 5.91 Å². The molecular formula is C20H18NO3-. The van der Waals surface area contributed by atoms with Gasteiger partial charge in [-0.05, 0) is 28.5 Å². The number of aromatic carboxylic acids is 1. The second-order valence-corrected chi connectivity index (χ2v) is 7.25. The Morgan fingerprint density at radius 3 is 2.67 bits per heavy atom. The van der Waals surface area contributed by atoms with Crippen molar-refractivity contribution in [3.63, 3.8) is 0 Å². The van der Waals surface area contributed by atoms with Crippen LogP contribution in [-0.2, 0) is 12.0 Å². The average molecular weight is 320 g/mol. The van der Waals surface area contributed by atoms with Gasteiger partial charge in [-0.2, -0.15) is 0 Å². The van der Waals surface area contributed by atoms with Gasteiger partial charge >= 0.3 is 0 Å². The van der Waals surface area contributed by atoms with Gasteiger partial charge in [0.1, 0.15) is 0 Å². The third kappa shape index (κ3) is 1.99. The van der Waals surface area contributed by atoms with Crippen molar-refractivity contribution >= 4 is 11.9 Å². The molecule has 2 aromatic rings. The Hall–Kier alpha value is -2.62. The number of hydrogen-bond donors (Lipinski definition) is 0. The average Bonchev–Trinajstić information content (AvgIpc) is 2.73. The monoisotopic (exact) mass is 320 g/mol. The fraction of sp³-hybridized carbons (Fsp3) is 0.300. The highest BCUT2D eigenvalue weighted by Gasteiger charge is 2.44. The van der Waals surface area contributed by atoms with Gasteiger partial charge in [0.05, 0.1) is 17.6 Å². The van der Waals surface area contributed by atoms with Gasteiger partial charge < -0.3 is 14.8 Å². The third-order valence-corrected chi connectivity index (χ3v) is 5.32. The maximum absolute atomic E-state index is 13.0. The summed E-state index contributed by atoms with van der Waals surface area (Å²) in [5.74, 6) is -1.50. The predicted molar refractivity (Wildman–Crippen MR) is 87.5 cm³/mol. The molecule has 2 aliphatic rings. The van der Waals surface area contributed by atoms with Gasteiger partial charge in [-0.15, -0.1) is 0 Å². The largest absolute Gasteiger partial charge is 0.545 e. The van der Waals surface area contributed by atoms with Gasteiger partial charge in [-0.3, -0.25) is 4.79 Å². The van der Waals surface area contributed by atoms with Crippen LogP contribution in [0.15, 0.2) is 42.5 Å². The molecule has 0 saturated carbocycles. The number of nitrogens with zero attached hydrogens (tertiary/aromatic N) is 1. The van der Waals surface area contributed by atoms with Crippen LogP contribution in [0.2, 0.25) is 0 Å². The lowest BCUT2D eigenvalue weighted by Crippen LogP contribution is -2.29. The maximum atomic E-state index is 13.0. The van der Waals surface area contributed by atoms with E-state index in [1.807, 2.05) is 23.1 Å². The van der Waals surface area contributed by atoms with Gasteiger partial charge in [-0.25, -0.2) is 0 Å². The van der Waals surface area contributed by atoms with Crippen LogP contribution in [0.3, 0.4) is 0 Å². The topological polar surface area (TPSA) is 60.4 Å². The first-order chi connectivity index (χ1) is 11.4. The summed E-state index contributed by atoms with van der Waals surface area (Å²) in [4.78, 5) is 26.2. The number of fused-ring (bicyclic) bond motifs is 4. The second kappa shape index (κ2) is 4.94. The number of rotatable bonds is 1. The molecule has 0 spiro atoms. The second-order valence-electron chi connectivity index (χ2n) is 7.25. The molecule has 0 unspecified atom stereocenters. The first-order valence-electron chi connectivity index (χ1n) is 8.14. The standard InChI is InChI=1S/C20H19NO3/c1-20(2)10-16-13-7-5-8-14(19(23)24)17(13)18(22)21(16)11-12-6-3-4-9-15(12)20/h3-9,16H,10-11H2,1-2H3,(H,23,24)/p-1/t16-/m0/s1. The molecule has 0 bridgehead atoms. The van der Waals surface area contributed by atoms with Crippen molar-refractivity contribution in [2.24, 2.45) is 0 Å². The van der Waals surface area contributed by atoms with Gasteiger partial charge in [0.15, 0.2) is 0 Å². The minimum absolute atomic E-state index is 0.00309. The predicted octanol–water partition coefficient (Wildman–Crippen LogP) is 2.43. The van der Waals surface area contributed by atoms with Crippen LogP contribution in [-0.4, -0.2) is 16.8 Å². The van der Waals surface area contributed by atoms with Crippen molar-refractivity contribution in [1.82, 2.24) is 4.90 Å². The molecule has 0 aliphatic carbocycles. The Balaban J connectivity index is 1.89. The van der Waals surface area contributed by atoms with E-state index in [-0.39, 0.29) is 22.9 Å². The molecule has 2 heterocycles. The van der Waals surface area contributed by atoms with Crippen molar-refractivity contribution in [2.75, 3.05) is 0 Å². The Bertz CT molecular complexity index is 869. The molecule has 1 atom stereocenters. The van der Waals surface area contributed by atoms with E-state index in [0.717, 1.165) is 17.5 Å². The van der Waals surface area contributed by atoms with Crippen LogP contribution < -0.4 is 5.11 Å². The van der Waals surface area contributed by atoms with E-state index in [0.29, 0.717) is 12.1 Å². The Morgan fingerprint density at radius 1 is 1.17 bits per heavy atom. The van der Waals surface area contributed by atoms with E-state index >= 15 is 0 Å². The first kappa shape index (κ1) is 14.9. The molecule has 4 rings (SSSR count). The number of amides is 1. The summed E-state index contributed by atoms with van der Waals surface area (Å²) in [7, 11) is 0. The summed E-state index contributed by atoms with van der Waals surface area (Å²) in [5.41, 5.74) is 3.39. The number of carbonyl (C=O) groups is 2. The Labute approximate surface area is 140 Å². The molecule has 4 heteroatoms. The van der Waals surface area contributed by atoms with Crippen LogP contribution in [0.25, 0.3) is 0 Å². The van der Waals surface area contributed by atoms with Crippen LogP contribution in [0.5, 0.6) is 0 Å². The molecule has 4 nitrogen and oxygen atoms in total. The summed E-state index contributed by atoms with van der Waals surface area (Å²) in [6.45, 7) is 4.87. The first-order valence-corrected chi connectivity index (χ1v) is 8.14. The number of carboxylic acids is 1. The lowest BCUT2D eigenvalue weighted by molar-refractivity contribution is -0.255. The van der Waals surface area contributed by atoms with Crippen LogP contribution >= 0.6 is 0 Å². The smallest absolute Gasteiger partial charge is 0.255 e. The molecule has 0 saturated heterocycles. The van der Waals surface area contributed by atoms with E-state index in [9.17, 15) is 14.7 Å². The molecule has 24 heavy (non-hydrogen) atoms. The van der Waals surface area contributed by atoms with Gasteiger partial charge in [0.2, 0.25) is 0 Å². The zero-order valence-corrected chi connectivity index (χ0v) is 13.7. The fourth-order valence-corrected chi connectivity index (χ4v) is 4.21. The number of carboxylic acid groups (broad SMARTS) is 1.